The molecule has 94 valence electrons. The van der Waals surface area contributed by atoms with Gasteiger partial charge in [-0.2, -0.15) is 5.10 Å². The van der Waals surface area contributed by atoms with Crippen LogP contribution in [0.1, 0.15) is 11.1 Å². The van der Waals surface area contributed by atoms with Gasteiger partial charge in [0.05, 0.1) is 11.1 Å². The van der Waals surface area contributed by atoms with Gasteiger partial charge < -0.3 is 10.9 Å². The van der Waals surface area contributed by atoms with Crippen molar-refractivity contribution in [3.8, 4) is 0 Å². The molecule has 0 aliphatic rings. The van der Waals surface area contributed by atoms with E-state index in [2.05, 4.69) is 10.3 Å². The first-order valence-corrected chi connectivity index (χ1v) is 6.17. The summed E-state index contributed by atoms with van der Waals surface area (Å²) in [5, 5.41) is 16.0. The zero-order chi connectivity index (χ0) is 13.1. The van der Waals surface area contributed by atoms with E-state index in [0.717, 1.165) is 20.9 Å². The van der Waals surface area contributed by atoms with Crippen LogP contribution in [0, 0.1) is 6.92 Å². The molecule has 0 aliphatic carbocycles. The third-order valence-electron chi connectivity index (χ3n) is 2.43. The van der Waals surface area contributed by atoms with Crippen LogP contribution < -0.4 is 5.73 Å². The van der Waals surface area contributed by atoms with Crippen molar-refractivity contribution in [2.75, 3.05) is 0 Å². The second-order valence-corrected chi connectivity index (χ2v) is 5.05. The highest BCUT2D eigenvalue weighted by atomic mass is 32.2. The van der Waals surface area contributed by atoms with Gasteiger partial charge in [0, 0.05) is 23.7 Å². The minimum atomic E-state index is 0.112. The molecule has 0 fully saturated rings. The summed E-state index contributed by atoms with van der Waals surface area (Å²) in [6.45, 7) is 2.00. The molecular formula is C12H14N4OS. The second kappa shape index (κ2) is 5.14. The van der Waals surface area contributed by atoms with Gasteiger partial charge in [-0.3, -0.25) is 4.68 Å². The Kier molecular flexibility index (Phi) is 3.57. The maximum absolute atomic E-state index is 8.79. The van der Waals surface area contributed by atoms with E-state index in [0.29, 0.717) is 0 Å². The van der Waals surface area contributed by atoms with Gasteiger partial charge in [-0.25, -0.2) is 0 Å². The fourth-order valence-corrected chi connectivity index (χ4v) is 2.64. The van der Waals surface area contributed by atoms with Crippen LogP contribution in [0.25, 0.3) is 0 Å². The molecule has 18 heavy (non-hydrogen) atoms. The molecule has 0 amide bonds. The van der Waals surface area contributed by atoms with E-state index in [1.807, 2.05) is 38.4 Å². The summed E-state index contributed by atoms with van der Waals surface area (Å²) >= 11 is 1.54. The summed E-state index contributed by atoms with van der Waals surface area (Å²) in [5.41, 5.74) is 7.51. The topological polar surface area (TPSA) is 76.4 Å². The minimum Gasteiger partial charge on any atom is -0.409 e. The number of hydrogen-bond donors (Lipinski definition) is 2. The van der Waals surface area contributed by atoms with Crippen molar-refractivity contribution < 1.29 is 5.21 Å². The predicted molar refractivity (Wildman–Crippen MR) is 71.0 cm³/mol. The Balaban J connectivity index is 2.39. The Hall–Kier alpha value is -1.95. The highest BCUT2D eigenvalue weighted by Gasteiger charge is 2.09. The van der Waals surface area contributed by atoms with Crippen LogP contribution in [0.4, 0.5) is 0 Å². The summed E-state index contributed by atoms with van der Waals surface area (Å²) in [4.78, 5) is 1.95. The van der Waals surface area contributed by atoms with E-state index in [1.165, 1.54) is 11.8 Å². The normalized spacial score (nSPS) is 11.8. The smallest absolute Gasteiger partial charge is 0.171 e. The second-order valence-electron chi connectivity index (χ2n) is 3.94. The maximum Gasteiger partial charge on any atom is 0.171 e. The molecule has 5 nitrogen and oxygen atoms in total. The van der Waals surface area contributed by atoms with E-state index < -0.39 is 0 Å². The van der Waals surface area contributed by atoms with Gasteiger partial charge in [-0.15, -0.1) is 0 Å². The summed E-state index contributed by atoms with van der Waals surface area (Å²) in [6.07, 6.45) is 3.70. The lowest BCUT2D eigenvalue weighted by Gasteiger charge is -2.07. The van der Waals surface area contributed by atoms with E-state index in [9.17, 15) is 0 Å². The molecule has 0 aliphatic heterocycles. The van der Waals surface area contributed by atoms with Crippen molar-refractivity contribution in [3.63, 3.8) is 0 Å². The van der Waals surface area contributed by atoms with Crippen LogP contribution in [-0.2, 0) is 7.05 Å². The number of nitrogens with zero attached hydrogens (tertiary/aromatic N) is 3. The van der Waals surface area contributed by atoms with Crippen molar-refractivity contribution in [2.45, 2.75) is 16.7 Å². The minimum absolute atomic E-state index is 0.112. The van der Waals surface area contributed by atoms with Gasteiger partial charge in [0.1, 0.15) is 0 Å². The Morgan fingerprint density at radius 3 is 2.89 bits per heavy atom. The van der Waals surface area contributed by atoms with Crippen LogP contribution in [0.15, 0.2) is 45.5 Å². The lowest BCUT2D eigenvalue weighted by Crippen LogP contribution is -2.14. The van der Waals surface area contributed by atoms with Gasteiger partial charge in [0.2, 0.25) is 0 Å². The Bertz CT molecular complexity index is 592. The van der Waals surface area contributed by atoms with Crippen molar-refractivity contribution in [3.05, 3.63) is 41.7 Å². The molecule has 2 aromatic rings. The van der Waals surface area contributed by atoms with E-state index in [1.54, 1.807) is 10.9 Å². The molecule has 1 heterocycles. The fraction of sp³-hybridized carbons (Fsp3) is 0.167. The number of aryl methyl sites for hydroxylation is 2. The molecule has 0 bridgehead atoms. The third kappa shape index (κ3) is 2.65. The number of nitrogens with two attached hydrogens (primary N) is 1. The third-order valence-corrected chi connectivity index (χ3v) is 3.43. The molecule has 1 aromatic heterocycles. The average molecular weight is 262 g/mol. The molecule has 0 radical (unpaired) electrons. The number of oxime groups is 1. The first-order valence-electron chi connectivity index (χ1n) is 5.35. The first kappa shape index (κ1) is 12.5. The molecule has 0 saturated heterocycles. The Morgan fingerprint density at radius 2 is 2.28 bits per heavy atom. The number of amidine groups is 1. The summed E-state index contributed by atoms with van der Waals surface area (Å²) in [6, 6.07) is 5.79. The summed E-state index contributed by atoms with van der Waals surface area (Å²) < 4.78 is 1.74. The monoisotopic (exact) mass is 262 g/mol. The Morgan fingerprint density at radius 1 is 1.50 bits per heavy atom. The number of benzene rings is 1. The highest BCUT2D eigenvalue weighted by molar-refractivity contribution is 7.99. The quantitative estimate of drug-likeness (QED) is 0.384. The van der Waals surface area contributed by atoms with Crippen molar-refractivity contribution in [2.24, 2.45) is 17.9 Å². The average Bonchev–Trinajstić information content (AvgIpc) is 2.74. The van der Waals surface area contributed by atoms with Crippen molar-refractivity contribution in [1.82, 2.24) is 9.78 Å². The molecule has 1 aromatic carbocycles. The number of hydrogen-bond acceptors (Lipinski definition) is 4. The Labute approximate surface area is 109 Å². The highest BCUT2D eigenvalue weighted by Crippen LogP contribution is 2.30. The molecule has 6 heteroatoms. The molecular weight excluding hydrogens is 248 g/mol. The molecule has 0 unspecified atom stereocenters. The number of rotatable bonds is 3. The number of aromatic nitrogens is 2. The van der Waals surface area contributed by atoms with Crippen LogP contribution >= 0.6 is 11.8 Å². The molecule has 0 atom stereocenters. The van der Waals surface area contributed by atoms with Crippen LogP contribution in [0.5, 0.6) is 0 Å². The van der Waals surface area contributed by atoms with Crippen LogP contribution in [-0.4, -0.2) is 20.8 Å². The largest absolute Gasteiger partial charge is 0.409 e. The van der Waals surface area contributed by atoms with Gasteiger partial charge in [0.15, 0.2) is 5.84 Å². The maximum atomic E-state index is 8.79. The molecule has 0 spiro atoms. The lowest BCUT2D eigenvalue weighted by molar-refractivity contribution is 0.318. The zero-order valence-corrected chi connectivity index (χ0v) is 11.0. The lowest BCUT2D eigenvalue weighted by atomic mass is 10.1. The predicted octanol–water partition coefficient (Wildman–Crippen LogP) is 1.97. The van der Waals surface area contributed by atoms with Gasteiger partial charge in [0.25, 0.3) is 0 Å². The van der Waals surface area contributed by atoms with E-state index in [-0.39, 0.29) is 5.84 Å². The van der Waals surface area contributed by atoms with Crippen molar-refractivity contribution in [1.29, 1.82) is 0 Å². The van der Waals surface area contributed by atoms with Gasteiger partial charge in [-0.05, 0) is 24.6 Å². The van der Waals surface area contributed by atoms with Crippen molar-refractivity contribution >= 4 is 17.6 Å². The molecule has 0 saturated carbocycles. The summed E-state index contributed by atoms with van der Waals surface area (Å²) in [5.74, 6) is 0.112. The fourth-order valence-electron chi connectivity index (χ4n) is 1.56. The van der Waals surface area contributed by atoms with Crippen LogP contribution in [0.2, 0.25) is 0 Å². The molecule has 2 rings (SSSR count). The van der Waals surface area contributed by atoms with Gasteiger partial charge >= 0.3 is 0 Å². The summed E-state index contributed by atoms with van der Waals surface area (Å²) in [7, 11) is 1.87. The zero-order valence-electron chi connectivity index (χ0n) is 10.2. The SMILES string of the molecule is Cc1ccc(C(N)=NO)c(Sc2cnn(C)c2)c1. The van der Waals surface area contributed by atoms with E-state index in [4.69, 9.17) is 10.9 Å². The molecule has 3 N–H and O–H groups in total. The first-order chi connectivity index (χ1) is 8.60. The van der Waals surface area contributed by atoms with E-state index >= 15 is 0 Å². The van der Waals surface area contributed by atoms with Gasteiger partial charge in [-0.1, -0.05) is 23.0 Å². The standard InChI is InChI=1S/C12H14N4OS/c1-8-3-4-10(12(13)15-17)11(5-8)18-9-6-14-16(2)7-9/h3-7,17H,1-2H3,(H2,13,15). The van der Waals surface area contributed by atoms with Crippen LogP contribution in [0.3, 0.4) is 0 Å².